The fourth-order valence-corrected chi connectivity index (χ4v) is 4.02. The molecule has 4 rings (SSSR count). The third-order valence-electron chi connectivity index (χ3n) is 5.47. The van der Waals surface area contributed by atoms with Crippen molar-refractivity contribution in [3.05, 3.63) is 71.5 Å². The molecule has 0 radical (unpaired) electrons. The summed E-state index contributed by atoms with van der Waals surface area (Å²) >= 11 is 0. The molecule has 4 nitrogen and oxygen atoms in total. The third-order valence-corrected chi connectivity index (χ3v) is 5.47. The highest BCUT2D eigenvalue weighted by Crippen LogP contribution is 2.36. The van der Waals surface area contributed by atoms with E-state index in [-0.39, 0.29) is 11.7 Å². The van der Waals surface area contributed by atoms with Crippen LogP contribution in [0.4, 0.5) is 13.2 Å². The second-order valence-electron chi connectivity index (χ2n) is 7.48. The molecule has 3 aromatic rings. The Morgan fingerprint density at radius 1 is 1.14 bits per heavy atom. The predicted molar refractivity (Wildman–Crippen MR) is 104 cm³/mol. The quantitative estimate of drug-likeness (QED) is 0.633. The first-order valence-electron chi connectivity index (χ1n) is 9.62. The van der Waals surface area contributed by atoms with Gasteiger partial charge in [0.15, 0.2) is 0 Å². The maximum Gasteiger partial charge on any atom is 0.416 e. The lowest BCUT2D eigenvalue weighted by atomic mass is 9.90. The van der Waals surface area contributed by atoms with Gasteiger partial charge in [-0.05, 0) is 43.1 Å². The van der Waals surface area contributed by atoms with Gasteiger partial charge in [-0.15, -0.1) is 0 Å². The largest absolute Gasteiger partial charge is 0.508 e. The van der Waals surface area contributed by atoms with E-state index in [0.29, 0.717) is 17.7 Å². The van der Waals surface area contributed by atoms with Crippen molar-refractivity contribution < 1.29 is 18.3 Å². The number of hydrogen-bond donors (Lipinski definition) is 2. The smallest absolute Gasteiger partial charge is 0.416 e. The normalized spacial score (nSPS) is 18.1. The van der Waals surface area contributed by atoms with Gasteiger partial charge in [-0.3, -0.25) is 10.00 Å². The second-order valence-corrected chi connectivity index (χ2v) is 7.48. The number of para-hydroxylation sites is 1. The van der Waals surface area contributed by atoms with Gasteiger partial charge < -0.3 is 5.11 Å². The van der Waals surface area contributed by atoms with Crippen molar-refractivity contribution in [3.8, 4) is 16.9 Å². The molecule has 0 saturated carbocycles. The molecule has 7 heteroatoms. The number of aromatic nitrogens is 2. The molecule has 0 amide bonds. The highest BCUT2D eigenvalue weighted by molar-refractivity contribution is 5.66. The van der Waals surface area contributed by atoms with Crippen LogP contribution in [0.5, 0.6) is 5.75 Å². The summed E-state index contributed by atoms with van der Waals surface area (Å²) in [7, 11) is 0. The molecule has 1 aromatic heterocycles. The van der Waals surface area contributed by atoms with Gasteiger partial charge in [-0.25, -0.2) is 0 Å². The van der Waals surface area contributed by atoms with Crippen LogP contribution in [0.2, 0.25) is 0 Å². The van der Waals surface area contributed by atoms with Crippen molar-refractivity contribution in [1.29, 1.82) is 0 Å². The fraction of sp³-hybridized carbons (Fsp3) is 0.318. The van der Waals surface area contributed by atoms with E-state index in [1.807, 2.05) is 12.1 Å². The average Bonchev–Trinajstić information content (AvgIpc) is 3.19. The maximum atomic E-state index is 13.1. The Balaban J connectivity index is 1.56. The first-order valence-corrected chi connectivity index (χ1v) is 9.62. The number of rotatable bonds is 4. The Morgan fingerprint density at radius 3 is 2.76 bits per heavy atom. The topological polar surface area (TPSA) is 52.1 Å². The van der Waals surface area contributed by atoms with Crippen LogP contribution in [-0.2, 0) is 12.7 Å². The number of H-pyrrole nitrogens is 1. The molecule has 2 heterocycles. The molecule has 0 aliphatic carbocycles. The minimum absolute atomic E-state index is 0.140. The molecule has 152 valence electrons. The van der Waals surface area contributed by atoms with Crippen molar-refractivity contribution in [1.82, 2.24) is 15.1 Å². The first-order chi connectivity index (χ1) is 13.9. The van der Waals surface area contributed by atoms with E-state index in [1.54, 1.807) is 24.4 Å². The summed E-state index contributed by atoms with van der Waals surface area (Å²) < 4.78 is 39.3. The molecular weight excluding hydrogens is 379 g/mol. The third kappa shape index (κ3) is 4.29. The van der Waals surface area contributed by atoms with Crippen LogP contribution in [0.15, 0.2) is 54.7 Å². The van der Waals surface area contributed by atoms with Crippen LogP contribution >= 0.6 is 0 Å². The lowest BCUT2D eigenvalue weighted by Crippen LogP contribution is -2.34. The first kappa shape index (κ1) is 19.5. The molecule has 0 unspecified atom stereocenters. The number of hydrogen-bond acceptors (Lipinski definition) is 3. The number of aromatic hydroxyl groups is 1. The number of halogens is 3. The van der Waals surface area contributed by atoms with Gasteiger partial charge in [0.05, 0.1) is 11.8 Å². The van der Waals surface area contributed by atoms with Gasteiger partial charge in [-0.1, -0.05) is 30.3 Å². The number of benzene rings is 2. The zero-order valence-electron chi connectivity index (χ0n) is 15.8. The number of nitrogens with zero attached hydrogens (tertiary/aromatic N) is 2. The van der Waals surface area contributed by atoms with Gasteiger partial charge in [0.2, 0.25) is 0 Å². The van der Waals surface area contributed by atoms with Crippen LogP contribution in [0.25, 0.3) is 11.1 Å². The SMILES string of the molecule is Oc1ccccc1CN1CCC[C@@H](c2[nH]ncc2-c2cccc(C(F)(F)F)c2)C1. The van der Waals surface area contributed by atoms with E-state index >= 15 is 0 Å². The Labute approximate surface area is 167 Å². The number of phenolic OH excluding ortho intramolecular Hbond substituents is 1. The van der Waals surface area contributed by atoms with Crippen LogP contribution in [0.3, 0.4) is 0 Å². The maximum absolute atomic E-state index is 13.1. The average molecular weight is 401 g/mol. The van der Waals surface area contributed by atoms with Crippen molar-refractivity contribution in [2.24, 2.45) is 0 Å². The fourth-order valence-electron chi connectivity index (χ4n) is 4.02. The molecule has 29 heavy (non-hydrogen) atoms. The van der Waals surface area contributed by atoms with Gasteiger partial charge in [0.25, 0.3) is 0 Å². The summed E-state index contributed by atoms with van der Waals surface area (Å²) in [4.78, 5) is 2.26. The molecule has 0 spiro atoms. The zero-order chi connectivity index (χ0) is 20.4. The van der Waals surface area contributed by atoms with Crippen molar-refractivity contribution in [3.63, 3.8) is 0 Å². The molecule has 2 aromatic carbocycles. The van der Waals surface area contributed by atoms with E-state index in [1.165, 1.54) is 12.1 Å². The van der Waals surface area contributed by atoms with Crippen molar-refractivity contribution in [2.75, 3.05) is 13.1 Å². The van der Waals surface area contributed by atoms with E-state index in [4.69, 9.17) is 0 Å². The highest BCUT2D eigenvalue weighted by Gasteiger charge is 2.31. The monoisotopic (exact) mass is 401 g/mol. The van der Waals surface area contributed by atoms with Gasteiger partial charge in [0, 0.05) is 35.8 Å². The van der Waals surface area contributed by atoms with Gasteiger partial charge in [0.1, 0.15) is 5.75 Å². The molecule has 1 atom stereocenters. The highest BCUT2D eigenvalue weighted by atomic mass is 19.4. The molecule has 1 fully saturated rings. The van der Waals surface area contributed by atoms with Crippen LogP contribution in [0.1, 0.15) is 35.6 Å². The van der Waals surface area contributed by atoms with E-state index < -0.39 is 11.7 Å². The summed E-state index contributed by atoms with van der Waals surface area (Å²) in [6.07, 6.45) is -0.864. The van der Waals surface area contributed by atoms with E-state index in [0.717, 1.165) is 43.3 Å². The summed E-state index contributed by atoms with van der Waals surface area (Å²) in [6, 6.07) is 12.7. The molecule has 0 bridgehead atoms. The van der Waals surface area contributed by atoms with Crippen LogP contribution in [-0.4, -0.2) is 33.3 Å². The number of likely N-dealkylation sites (tertiary alicyclic amines) is 1. The molecule has 1 aliphatic heterocycles. The van der Waals surface area contributed by atoms with Crippen LogP contribution in [0, 0.1) is 0 Å². The summed E-state index contributed by atoms with van der Waals surface area (Å²) in [5, 5.41) is 17.2. The van der Waals surface area contributed by atoms with E-state index in [2.05, 4.69) is 15.1 Å². The Kier molecular flexibility index (Phi) is 5.32. The number of phenols is 1. The lowest BCUT2D eigenvalue weighted by Gasteiger charge is -2.32. The lowest BCUT2D eigenvalue weighted by molar-refractivity contribution is -0.137. The number of alkyl halides is 3. The Morgan fingerprint density at radius 2 is 1.97 bits per heavy atom. The Bertz CT molecular complexity index is 983. The standard InChI is InChI=1S/C22H22F3N3O/c23-22(24,25)18-8-3-6-15(11-18)19-12-26-27-21(19)17-7-4-10-28(14-17)13-16-5-1-2-9-20(16)29/h1-3,5-6,8-9,11-12,17,29H,4,7,10,13-14H2,(H,26,27)/t17-/m1/s1. The number of piperidine rings is 1. The predicted octanol–water partition coefficient (Wildman–Crippen LogP) is 5.18. The molecular formula is C22H22F3N3O. The van der Waals surface area contributed by atoms with Crippen molar-refractivity contribution >= 4 is 0 Å². The van der Waals surface area contributed by atoms with E-state index in [9.17, 15) is 18.3 Å². The molecule has 1 saturated heterocycles. The summed E-state index contributed by atoms with van der Waals surface area (Å²) in [6.45, 7) is 2.30. The zero-order valence-corrected chi connectivity index (χ0v) is 15.8. The van der Waals surface area contributed by atoms with Crippen LogP contribution < -0.4 is 0 Å². The number of nitrogens with one attached hydrogen (secondary N) is 1. The molecule has 2 N–H and O–H groups in total. The van der Waals surface area contributed by atoms with Gasteiger partial charge in [-0.2, -0.15) is 18.3 Å². The Hall–Kier alpha value is -2.80. The number of aromatic amines is 1. The minimum atomic E-state index is -4.38. The minimum Gasteiger partial charge on any atom is -0.508 e. The molecule has 1 aliphatic rings. The summed E-state index contributed by atoms with van der Waals surface area (Å²) in [5.74, 6) is 0.419. The second kappa shape index (κ2) is 7.91. The van der Waals surface area contributed by atoms with Crippen molar-refractivity contribution in [2.45, 2.75) is 31.5 Å². The van der Waals surface area contributed by atoms with Gasteiger partial charge >= 0.3 is 6.18 Å². The summed E-state index contributed by atoms with van der Waals surface area (Å²) in [5.41, 5.74) is 2.31.